The Morgan fingerprint density at radius 3 is 2.42 bits per heavy atom. The van der Waals surface area contributed by atoms with E-state index in [1.54, 1.807) is 42.5 Å². The van der Waals surface area contributed by atoms with Gasteiger partial charge >= 0.3 is 0 Å². The molecule has 0 atom stereocenters. The Balaban J connectivity index is 1.56. The highest BCUT2D eigenvalue weighted by atomic mass is 32.2. The average molecular weight is 466 g/mol. The summed E-state index contributed by atoms with van der Waals surface area (Å²) in [6, 6.07) is 20.1. The van der Waals surface area contributed by atoms with E-state index in [1.807, 2.05) is 19.1 Å². The second kappa shape index (κ2) is 9.33. The molecule has 9 heteroatoms. The SMILES string of the molecule is CCc1ccc(NC(=O)CN2C(=O)COc3ccc(S(=O)(=O)Nc4ccccc4)cc32)cc1. The Kier molecular flexibility index (Phi) is 6.32. The van der Waals surface area contributed by atoms with Gasteiger partial charge in [-0.05, 0) is 54.4 Å². The van der Waals surface area contributed by atoms with Crippen LogP contribution in [0.3, 0.4) is 0 Å². The van der Waals surface area contributed by atoms with Gasteiger partial charge in [0.25, 0.3) is 15.9 Å². The van der Waals surface area contributed by atoms with E-state index in [-0.39, 0.29) is 23.7 Å². The minimum absolute atomic E-state index is 0.0519. The van der Waals surface area contributed by atoms with E-state index in [4.69, 9.17) is 4.74 Å². The summed E-state index contributed by atoms with van der Waals surface area (Å²) < 4.78 is 33.7. The number of anilines is 3. The zero-order chi connectivity index (χ0) is 23.4. The standard InChI is InChI=1S/C24H23N3O5S/c1-2-17-8-10-18(11-9-17)25-23(28)15-27-21-14-20(12-13-22(21)32-16-24(27)29)33(30,31)26-19-6-4-3-5-7-19/h3-14,26H,2,15-16H2,1H3,(H,25,28). The van der Waals surface area contributed by atoms with Crippen LogP contribution in [0.5, 0.6) is 5.75 Å². The number of nitrogens with one attached hydrogen (secondary N) is 2. The quantitative estimate of drug-likeness (QED) is 0.556. The summed E-state index contributed by atoms with van der Waals surface area (Å²) in [6.07, 6.45) is 0.887. The normalized spacial score (nSPS) is 13.1. The van der Waals surface area contributed by atoms with E-state index in [0.717, 1.165) is 12.0 Å². The van der Waals surface area contributed by atoms with Crippen LogP contribution in [0, 0.1) is 0 Å². The number of sulfonamides is 1. The fourth-order valence-electron chi connectivity index (χ4n) is 3.41. The molecule has 1 heterocycles. The van der Waals surface area contributed by atoms with E-state index in [1.165, 1.54) is 23.1 Å². The summed E-state index contributed by atoms with van der Waals surface area (Å²) in [6.45, 7) is 1.53. The third-order valence-electron chi connectivity index (χ3n) is 5.16. The van der Waals surface area contributed by atoms with E-state index < -0.39 is 21.8 Å². The molecule has 0 unspecified atom stereocenters. The largest absolute Gasteiger partial charge is 0.482 e. The third kappa shape index (κ3) is 5.15. The summed E-state index contributed by atoms with van der Waals surface area (Å²) in [7, 11) is -3.92. The van der Waals surface area contributed by atoms with Crippen LogP contribution in [0.2, 0.25) is 0 Å². The van der Waals surface area contributed by atoms with Gasteiger partial charge in [0.05, 0.1) is 10.6 Å². The number of rotatable bonds is 7. The number of para-hydroxylation sites is 1. The molecular weight excluding hydrogens is 442 g/mol. The molecule has 2 amide bonds. The van der Waals surface area contributed by atoms with Gasteiger partial charge in [-0.3, -0.25) is 19.2 Å². The Hall–Kier alpha value is -3.85. The number of fused-ring (bicyclic) bond motifs is 1. The zero-order valence-corrected chi connectivity index (χ0v) is 18.8. The molecule has 4 rings (SSSR count). The lowest BCUT2D eigenvalue weighted by atomic mass is 10.1. The van der Waals surface area contributed by atoms with Crippen LogP contribution in [0.1, 0.15) is 12.5 Å². The van der Waals surface area contributed by atoms with Crippen molar-refractivity contribution >= 4 is 38.9 Å². The van der Waals surface area contributed by atoms with Gasteiger partial charge in [-0.15, -0.1) is 0 Å². The van der Waals surface area contributed by atoms with Crippen molar-refractivity contribution in [3.8, 4) is 5.75 Å². The van der Waals surface area contributed by atoms with Gasteiger partial charge in [-0.25, -0.2) is 8.42 Å². The van der Waals surface area contributed by atoms with Crippen molar-refractivity contribution < 1.29 is 22.7 Å². The van der Waals surface area contributed by atoms with Crippen LogP contribution in [0.15, 0.2) is 77.7 Å². The molecule has 3 aromatic rings. The maximum atomic E-state index is 12.9. The van der Waals surface area contributed by atoms with Crippen molar-refractivity contribution in [2.75, 3.05) is 28.1 Å². The molecule has 0 aliphatic carbocycles. The number of benzene rings is 3. The molecule has 0 saturated heterocycles. The highest BCUT2D eigenvalue weighted by Gasteiger charge is 2.29. The van der Waals surface area contributed by atoms with Gasteiger partial charge in [0.15, 0.2) is 6.61 Å². The molecule has 0 aromatic heterocycles. The van der Waals surface area contributed by atoms with Crippen molar-refractivity contribution in [2.45, 2.75) is 18.2 Å². The Bertz CT molecular complexity index is 1280. The van der Waals surface area contributed by atoms with Crippen LogP contribution in [0.4, 0.5) is 17.1 Å². The topological polar surface area (TPSA) is 105 Å². The fraction of sp³-hybridized carbons (Fsp3) is 0.167. The number of amides is 2. The second-order valence-corrected chi connectivity index (χ2v) is 9.15. The molecular formula is C24H23N3O5S. The number of carbonyl (C=O) groups excluding carboxylic acids is 2. The summed E-state index contributed by atoms with van der Waals surface area (Å²) in [5.41, 5.74) is 2.39. The Morgan fingerprint density at radius 1 is 1.00 bits per heavy atom. The first kappa shape index (κ1) is 22.3. The predicted octanol–water partition coefficient (Wildman–Crippen LogP) is 3.41. The first-order chi connectivity index (χ1) is 15.9. The molecule has 8 nitrogen and oxygen atoms in total. The van der Waals surface area contributed by atoms with Crippen LogP contribution >= 0.6 is 0 Å². The van der Waals surface area contributed by atoms with Crippen LogP contribution in [-0.4, -0.2) is 33.4 Å². The lowest BCUT2D eigenvalue weighted by Crippen LogP contribution is -2.43. The van der Waals surface area contributed by atoms with Gasteiger partial charge < -0.3 is 10.1 Å². The zero-order valence-electron chi connectivity index (χ0n) is 17.9. The van der Waals surface area contributed by atoms with Crippen LogP contribution < -0.4 is 19.7 Å². The van der Waals surface area contributed by atoms with Crippen molar-refractivity contribution in [3.63, 3.8) is 0 Å². The maximum absolute atomic E-state index is 12.9. The Morgan fingerprint density at radius 2 is 1.73 bits per heavy atom. The van der Waals surface area contributed by atoms with Gasteiger partial charge in [0, 0.05) is 11.4 Å². The first-order valence-electron chi connectivity index (χ1n) is 10.4. The fourth-order valence-corrected chi connectivity index (χ4v) is 4.49. The van der Waals surface area contributed by atoms with Crippen LogP contribution in [0.25, 0.3) is 0 Å². The summed E-state index contributed by atoms with van der Waals surface area (Å²) in [4.78, 5) is 26.4. The number of carbonyl (C=O) groups is 2. The number of aryl methyl sites for hydroxylation is 1. The smallest absolute Gasteiger partial charge is 0.265 e. The summed E-state index contributed by atoms with van der Waals surface area (Å²) in [5.74, 6) is -0.519. The lowest BCUT2D eigenvalue weighted by Gasteiger charge is -2.29. The van der Waals surface area contributed by atoms with Crippen molar-refractivity contribution in [3.05, 3.63) is 78.4 Å². The summed E-state index contributed by atoms with van der Waals surface area (Å²) in [5, 5.41) is 2.77. The number of hydrogen-bond acceptors (Lipinski definition) is 5. The third-order valence-corrected chi connectivity index (χ3v) is 6.54. The average Bonchev–Trinajstić information content (AvgIpc) is 2.81. The van der Waals surface area contributed by atoms with Crippen molar-refractivity contribution in [1.29, 1.82) is 0 Å². The van der Waals surface area contributed by atoms with E-state index >= 15 is 0 Å². The molecule has 33 heavy (non-hydrogen) atoms. The molecule has 1 aliphatic heterocycles. The maximum Gasteiger partial charge on any atom is 0.265 e. The molecule has 170 valence electrons. The highest BCUT2D eigenvalue weighted by Crippen LogP contribution is 2.34. The van der Waals surface area contributed by atoms with Crippen molar-refractivity contribution in [2.24, 2.45) is 0 Å². The molecule has 2 N–H and O–H groups in total. The minimum Gasteiger partial charge on any atom is -0.482 e. The highest BCUT2D eigenvalue weighted by molar-refractivity contribution is 7.92. The van der Waals surface area contributed by atoms with Gasteiger partial charge in [0.2, 0.25) is 5.91 Å². The predicted molar refractivity (Wildman–Crippen MR) is 126 cm³/mol. The monoisotopic (exact) mass is 465 g/mol. The van der Waals surface area contributed by atoms with Gasteiger partial charge in [-0.1, -0.05) is 37.3 Å². The molecule has 3 aromatic carbocycles. The minimum atomic E-state index is -3.92. The molecule has 1 aliphatic rings. The second-order valence-electron chi connectivity index (χ2n) is 7.47. The first-order valence-corrected chi connectivity index (χ1v) is 11.9. The number of ether oxygens (including phenoxy) is 1. The van der Waals surface area contributed by atoms with E-state index in [9.17, 15) is 18.0 Å². The van der Waals surface area contributed by atoms with E-state index in [2.05, 4.69) is 10.0 Å². The number of hydrogen-bond donors (Lipinski definition) is 2. The molecule has 0 fully saturated rings. The van der Waals surface area contributed by atoms with E-state index in [0.29, 0.717) is 17.1 Å². The Labute approximate surface area is 192 Å². The summed E-state index contributed by atoms with van der Waals surface area (Å²) >= 11 is 0. The molecule has 0 saturated carbocycles. The van der Waals surface area contributed by atoms with Crippen LogP contribution in [-0.2, 0) is 26.0 Å². The number of nitrogens with zero attached hydrogens (tertiary/aromatic N) is 1. The molecule has 0 spiro atoms. The molecule has 0 bridgehead atoms. The van der Waals surface area contributed by atoms with Gasteiger partial charge in [0.1, 0.15) is 12.3 Å². The molecule has 0 radical (unpaired) electrons. The van der Waals surface area contributed by atoms with Gasteiger partial charge in [-0.2, -0.15) is 0 Å². The lowest BCUT2D eigenvalue weighted by molar-refractivity contribution is -0.123. The van der Waals surface area contributed by atoms with Crippen molar-refractivity contribution in [1.82, 2.24) is 0 Å².